The van der Waals surface area contributed by atoms with Crippen LogP contribution in [0.4, 0.5) is 5.69 Å². The van der Waals surface area contributed by atoms with Crippen LogP contribution in [0.25, 0.3) is 21.2 Å². The Morgan fingerprint density at radius 2 is 1.76 bits per heavy atom. The maximum Gasteiger partial charge on any atom is 0.0998 e. The van der Waals surface area contributed by atoms with Gasteiger partial charge in [-0.3, -0.25) is 0 Å². The van der Waals surface area contributed by atoms with Crippen LogP contribution in [-0.2, 0) is 0 Å². The standard InChI is InChI=1S/C12H5N5/c13-6-8-2-1-3-10-11(16-17-15)5-4-9(7-14)12(8)10/h1-5H. The van der Waals surface area contributed by atoms with Crippen LogP contribution < -0.4 is 0 Å². The molecule has 0 aliphatic rings. The van der Waals surface area contributed by atoms with Gasteiger partial charge in [-0.1, -0.05) is 23.3 Å². The predicted octanol–water partition coefficient (Wildman–Crippen LogP) is 3.52. The largest absolute Gasteiger partial charge is 0.192 e. The van der Waals surface area contributed by atoms with E-state index in [0.29, 0.717) is 27.6 Å². The zero-order valence-corrected chi connectivity index (χ0v) is 8.62. The van der Waals surface area contributed by atoms with Crippen molar-refractivity contribution < 1.29 is 0 Å². The zero-order chi connectivity index (χ0) is 12.3. The van der Waals surface area contributed by atoms with E-state index in [1.807, 2.05) is 12.1 Å². The van der Waals surface area contributed by atoms with Gasteiger partial charge in [0.05, 0.1) is 23.3 Å². The first kappa shape index (κ1) is 10.5. The third kappa shape index (κ3) is 1.63. The highest BCUT2D eigenvalue weighted by Crippen LogP contribution is 2.30. The first-order chi connectivity index (χ1) is 8.31. The van der Waals surface area contributed by atoms with Gasteiger partial charge in [-0.15, -0.1) is 0 Å². The molecule has 2 aromatic carbocycles. The maximum atomic E-state index is 9.01. The van der Waals surface area contributed by atoms with E-state index in [1.54, 1.807) is 30.3 Å². The Balaban J connectivity index is 3.02. The van der Waals surface area contributed by atoms with Gasteiger partial charge in [0.2, 0.25) is 0 Å². The second kappa shape index (κ2) is 4.24. The lowest BCUT2D eigenvalue weighted by Crippen LogP contribution is -1.85. The van der Waals surface area contributed by atoms with Crippen LogP contribution in [0.15, 0.2) is 35.4 Å². The molecule has 0 spiro atoms. The van der Waals surface area contributed by atoms with E-state index in [1.165, 1.54) is 0 Å². The van der Waals surface area contributed by atoms with Gasteiger partial charge in [-0.25, -0.2) is 0 Å². The Morgan fingerprint density at radius 1 is 1.06 bits per heavy atom. The minimum Gasteiger partial charge on any atom is -0.192 e. The molecule has 0 heterocycles. The Morgan fingerprint density at radius 3 is 2.41 bits per heavy atom. The molecule has 2 aromatic rings. The van der Waals surface area contributed by atoms with Gasteiger partial charge in [0.15, 0.2) is 0 Å². The van der Waals surface area contributed by atoms with E-state index in [9.17, 15) is 0 Å². The molecule has 0 amide bonds. The number of rotatable bonds is 1. The number of hydrogen-bond donors (Lipinski definition) is 0. The lowest BCUT2D eigenvalue weighted by molar-refractivity contribution is 1.46. The number of nitrogens with zero attached hydrogens (tertiary/aromatic N) is 5. The Bertz CT molecular complexity index is 707. The topological polar surface area (TPSA) is 96.3 Å². The zero-order valence-electron chi connectivity index (χ0n) is 8.62. The number of hydrogen-bond acceptors (Lipinski definition) is 3. The smallest absolute Gasteiger partial charge is 0.0998 e. The van der Waals surface area contributed by atoms with E-state index in [-0.39, 0.29) is 0 Å². The fourth-order valence-corrected chi connectivity index (χ4v) is 1.71. The molecule has 0 aliphatic heterocycles. The van der Waals surface area contributed by atoms with Gasteiger partial charge in [0, 0.05) is 16.0 Å². The maximum absolute atomic E-state index is 9.01. The lowest BCUT2D eigenvalue weighted by Gasteiger charge is -2.04. The molecule has 78 valence electrons. The van der Waals surface area contributed by atoms with Crippen molar-refractivity contribution in [2.45, 2.75) is 0 Å². The van der Waals surface area contributed by atoms with E-state index < -0.39 is 0 Å². The summed E-state index contributed by atoms with van der Waals surface area (Å²) in [6.45, 7) is 0. The molecule has 0 N–H and O–H groups in total. The highest BCUT2D eigenvalue weighted by Gasteiger charge is 2.08. The average Bonchev–Trinajstić information content (AvgIpc) is 2.38. The third-order valence-corrected chi connectivity index (χ3v) is 2.41. The molecule has 0 radical (unpaired) electrons. The molecular formula is C12H5N5. The minimum absolute atomic E-state index is 0.397. The molecule has 0 atom stereocenters. The summed E-state index contributed by atoms with van der Waals surface area (Å²) in [5, 5.41) is 22.7. The van der Waals surface area contributed by atoms with E-state index in [2.05, 4.69) is 10.0 Å². The molecular weight excluding hydrogens is 214 g/mol. The summed E-state index contributed by atoms with van der Waals surface area (Å²) < 4.78 is 0. The molecule has 5 heteroatoms. The summed E-state index contributed by atoms with van der Waals surface area (Å²) in [5.41, 5.74) is 9.67. The van der Waals surface area contributed by atoms with Crippen molar-refractivity contribution >= 4 is 16.5 Å². The summed E-state index contributed by atoms with van der Waals surface area (Å²) >= 11 is 0. The predicted molar refractivity (Wildman–Crippen MR) is 62.2 cm³/mol. The molecule has 0 saturated heterocycles. The number of azide groups is 1. The summed E-state index contributed by atoms with van der Waals surface area (Å²) in [6.07, 6.45) is 0. The summed E-state index contributed by atoms with van der Waals surface area (Å²) in [6, 6.07) is 12.2. The van der Waals surface area contributed by atoms with Gasteiger partial charge < -0.3 is 0 Å². The van der Waals surface area contributed by atoms with Gasteiger partial charge >= 0.3 is 0 Å². The molecule has 5 nitrogen and oxygen atoms in total. The van der Waals surface area contributed by atoms with Crippen LogP contribution in [0.3, 0.4) is 0 Å². The summed E-state index contributed by atoms with van der Waals surface area (Å²) in [5.74, 6) is 0. The molecule has 0 fully saturated rings. The van der Waals surface area contributed by atoms with Crippen molar-refractivity contribution in [2.75, 3.05) is 0 Å². The molecule has 2 rings (SSSR count). The van der Waals surface area contributed by atoms with Crippen molar-refractivity contribution in [3.63, 3.8) is 0 Å². The Hall–Kier alpha value is -3.01. The highest BCUT2D eigenvalue weighted by molar-refractivity contribution is 5.99. The Kier molecular flexibility index (Phi) is 2.62. The summed E-state index contributed by atoms with van der Waals surface area (Å²) in [4.78, 5) is 2.73. The summed E-state index contributed by atoms with van der Waals surface area (Å²) in [7, 11) is 0. The van der Waals surface area contributed by atoms with Gasteiger partial charge in [-0.2, -0.15) is 10.5 Å². The van der Waals surface area contributed by atoms with Gasteiger partial charge in [0.25, 0.3) is 0 Å². The van der Waals surface area contributed by atoms with Crippen LogP contribution in [0.1, 0.15) is 11.1 Å². The van der Waals surface area contributed by atoms with E-state index in [4.69, 9.17) is 16.1 Å². The fraction of sp³-hybridized carbons (Fsp3) is 0. The molecule has 0 aliphatic carbocycles. The van der Waals surface area contributed by atoms with Crippen molar-refractivity contribution in [2.24, 2.45) is 5.11 Å². The highest BCUT2D eigenvalue weighted by atomic mass is 15.1. The molecule has 0 bridgehead atoms. The van der Waals surface area contributed by atoms with Crippen molar-refractivity contribution in [1.82, 2.24) is 0 Å². The normalized spacial score (nSPS) is 9.06. The van der Waals surface area contributed by atoms with Crippen LogP contribution in [0.2, 0.25) is 0 Å². The quantitative estimate of drug-likeness (QED) is 0.416. The second-order valence-corrected chi connectivity index (χ2v) is 3.27. The minimum atomic E-state index is 0.397. The molecule has 0 unspecified atom stereocenters. The van der Waals surface area contributed by atoms with Gasteiger partial charge in [-0.05, 0) is 23.1 Å². The second-order valence-electron chi connectivity index (χ2n) is 3.27. The first-order valence-corrected chi connectivity index (χ1v) is 4.73. The van der Waals surface area contributed by atoms with Crippen LogP contribution in [0.5, 0.6) is 0 Å². The first-order valence-electron chi connectivity index (χ1n) is 4.73. The van der Waals surface area contributed by atoms with Crippen LogP contribution >= 0.6 is 0 Å². The number of nitriles is 2. The average molecular weight is 219 g/mol. The Labute approximate surface area is 96.8 Å². The van der Waals surface area contributed by atoms with E-state index in [0.717, 1.165) is 0 Å². The molecule has 0 saturated carbocycles. The van der Waals surface area contributed by atoms with Crippen molar-refractivity contribution in [1.29, 1.82) is 10.5 Å². The van der Waals surface area contributed by atoms with Crippen molar-refractivity contribution in [3.05, 3.63) is 51.9 Å². The number of fused-ring (bicyclic) bond motifs is 1. The SMILES string of the molecule is N#Cc1cccc2c(N=[N+]=[N-])ccc(C#N)c12. The van der Waals surface area contributed by atoms with Crippen LogP contribution in [0, 0.1) is 22.7 Å². The number of benzene rings is 2. The van der Waals surface area contributed by atoms with Crippen LogP contribution in [-0.4, -0.2) is 0 Å². The van der Waals surface area contributed by atoms with Crippen molar-refractivity contribution in [3.8, 4) is 12.1 Å². The van der Waals surface area contributed by atoms with Gasteiger partial charge in [0.1, 0.15) is 0 Å². The lowest BCUT2D eigenvalue weighted by atomic mass is 9.99. The third-order valence-electron chi connectivity index (χ3n) is 2.41. The van der Waals surface area contributed by atoms with E-state index >= 15 is 0 Å². The fourth-order valence-electron chi connectivity index (χ4n) is 1.71. The molecule has 0 aromatic heterocycles. The molecule has 17 heavy (non-hydrogen) atoms. The monoisotopic (exact) mass is 219 g/mol.